The molecule has 0 fully saturated rings. The number of hydrogen-bond donors (Lipinski definition) is 1. The summed E-state index contributed by atoms with van der Waals surface area (Å²) >= 11 is 0. The van der Waals surface area contributed by atoms with Gasteiger partial charge in [0.25, 0.3) is 0 Å². The average molecular weight is 340 g/mol. The van der Waals surface area contributed by atoms with Gasteiger partial charge in [-0.25, -0.2) is 0 Å². The Balaban J connectivity index is -0.0000000200. The Labute approximate surface area is 153 Å². The number of rotatable bonds is 2. The van der Waals surface area contributed by atoms with Gasteiger partial charge in [0.05, 0.1) is 12.9 Å². The molecular weight excluding hydrogens is 317 g/mol. The van der Waals surface area contributed by atoms with Crippen LogP contribution in [-0.4, -0.2) is 29.3 Å². The molecule has 0 aromatic rings. The maximum Gasteiger partial charge on any atom is 1.00 e. The molecule has 4 N–H and O–H groups in total. The van der Waals surface area contributed by atoms with Gasteiger partial charge in [0, 0.05) is 6.61 Å². The molecule has 0 unspecified atom stereocenters. The molecule has 0 aliphatic heterocycles. The second-order valence-electron chi connectivity index (χ2n) is 1.53. The summed E-state index contributed by atoms with van der Waals surface area (Å²) in [5.41, 5.74) is 0. The van der Waals surface area contributed by atoms with Gasteiger partial charge in [-0.2, -0.15) is 0 Å². The van der Waals surface area contributed by atoms with Crippen molar-refractivity contribution in [2.24, 2.45) is 0 Å². The molecule has 88 valence electrons. The van der Waals surface area contributed by atoms with Crippen molar-refractivity contribution in [2.75, 3.05) is 13.2 Å². The quantitative estimate of drug-likeness (QED) is 0.475. The minimum atomic E-state index is 0. The second kappa shape index (κ2) is 59.9. The number of hydrogen-bond acceptors (Lipinski definition) is 3. The van der Waals surface area contributed by atoms with E-state index in [-0.39, 0.29) is 86.5 Å². The van der Waals surface area contributed by atoms with Crippen LogP contribution < -0.4 is 68.9 Å². The van der Waals surface area contributed by atoms with Crippen LogP contribution in [-0.2, 0) is 4.74 Å². The molecule has 0 atom stereocenters. The van der Waals surface area contributed by atoms with Gasteiger partial charge in [0.15, 0.2) is 0 Å². The maximum atomic E-state index is 7.57. The molecule has 0 aliphatic carbocycles. The first-order valence-electron chi connectivity index (χ1n) is 3.95. The average Bonchev–Trinajstić information content (AvgIpc) is 2.04. The van der Waals surface area contributed by atoms with E-state index in [0.717, 1.165) is 6.61 Å². The van der Waals surface area contributed by atoms with E-state index in [2.05, 4.69) is 12.3 Å². The second-order valence-corrected chi connectivity index (χ2v) is 1.53. The molecule has 0 bridgehead atoms. The van der Waals surface area contributed by atoms with Crippen LogP contribution in [0.15, 0.2) is 12.3 Å². The molecular formula is C10H23CsO4. The van der Waals surface area contributed by atoms with Gasteiger partial charge in [-0.3, -0.25) is 0 Å². The van der Waals surface area contributed by atoms with Gasteiger partial charge in [-0.1, -0.05) is 6.08 Å². The van der Waals surface area contributed by atoms with Crippen LogP contribution in [0.4, 0.5) is 0 Å². The van der Waals surface area contributed by atoms with E-state index in [1.54, 1.807) is 20.1 Å². The van der Waals surface area contributed by atoms with Crippen molar-refractivity contribution in [2.45, 2.75) is 27.7 Å². The van der Waals surface area contributed by atoms with Crippen LogP contribution in [0.1, 0.15) is 27.7 Å². The maximum absolute atomic E-state index is 7.57. The van der Waals surface area contributed by atoms with E-state index < -0.39 is 0 Å². The summed E-state index contributed by atoms with van der Waals surface area (Å²) < 4.78 is 4.80. The molecule has 15 heavy (non-hydrogen) atoms. The van der Waals surface area contributed by atoms with Gasteiger partial charge >= 0.3 is 68.9 Å². The predicted molar refractivity (Wildman–Crippen MR) is 59.3 cm³/mol. The largest absolute Gasteiger partial charge is 1.00 e. The standard InChI is InChI=1S/C5H10O.C3H4.C2H6O.Cs.2H2O/c1-3-5-6-4-2;1-3-2;1-2-3;;;/h3,5H,4H2,1-2H3;1H,2H3;3H,2H2,1H3;;2*1H2/q;;;+1;;/p-1/b5-3+;;;;;. The Kier molecular flexibility index (Phi) is 144. The summed E-state index contributed by atoms with van der Waals surface area (Å²) in [6.07, 6.45) is 8.14. The summed E-state index contributed by atoms with van der Waals surface area (Å²) in [6, 6.07) is 0. The molecule has 0 rings (SSSR count). The third kappa shape index (κ3) is 157. The Morgan fingerprint density at radius 3 is 1.73 bits per heavy atom. The van der Waals surface area contributed by atoms with Crippen LogP contribution in [0.3, 0.4) is 0 Å². The number of ether oxygens (including phenoxy) is 1. The third-order valence-corrected chi connectivity index (χ3v) is 0.399. The third-order valence-electron chi connectivity index (χ3n) is 0.399. The van der Waals surface area contributed by atoms with E-state index in [4.69, 9.17) is 9.84 Å². The number of aliphatic hydroxyl groups is 1. The van der Waals surface area contributed by atoms with Crippen molar-refractivity contribution in [1.29, 1.82) is 0 Å². The number of aliphatic hydroxyl groups excluding tert-OH is 1. The van der Waals surface area contributed by atoms with Crippen LogP contribution in [0, 0.1) is 12.3 Å². The van der Waals surface area contributed by atoms with Crippen LogP contribution in [0.2, 0.25) is 0 Å². The minimum absolute atomic E-state index is 0. The Morgan fingerprint density at radius 2 is 1.67 bits per heavy atom. The fourth-order valence-corrected chi connectivity index (χ4v) is 0.192. The van der Waals surface area contributed by atoms with E-state index in [9.17, 15) is 0 Å². The van der Waals surface area contributed by atoms with Crippen LogP contribution in [0.25, 0.3) is 0 Å². The fraction of sp³-hybridized carbons (Fsp3) is 0.600. The monoisotopic (exact) mass is 340 g/mol. The first kappa shape index (κ1) is 36.0. The molecule has 0 heterocycles. The van der Waals surface area contributed by atoms with Gasteiger partial charge in [-0.15, -0.1) is 12.3 Å². The molecule has 4 nitrogen and oxygen atoms in total. The van der Waals surface area contributed by atoms with Gasteiger partial charge in [-0.05, 0) is 27.7 Å². The molecule has 0 spiro atoms. The van der Waals surface area contributed by atoms with Crippen molar-refractivity contribution < 1.29 is 89.7 Å². The molecule has 0 aromatic heterocycles. The molecule has 5 heteroatoms. The molecule has 0 amide bonds. The van der Waals surface area contributed by atoms with Crippen molar-refractivity contribution >= 4 is 0 Å². The molecule has 0 saturated heterocycles. The fourth-order valence-electron chi connectivity index (χ4n) is 0.192. The normalized spacial score (nSPS) is 5.60. The summed E-state index contributed by atoms with van der Waals surface area (Å²) in [5.74, 6) is 2.25. The van der Waals surface area contributed by atoms with Gasteiger partial charge in [0.2, 0.25) is 0 Å². The zero-order valence-electron chi connectivity index (χ0n) is 10.4. The van der Waals surface area contributed by atoms with Crippen LogP contribution in [0.5, 0.6) is 0 Å². The minimum Gasteiger partial charge on any atom is -0.870 e. The Morgan fingerprint density at radius 1 is 1.40 bits per heavy atom. The van der Waals surface area contributed by atoms with E-state index in [1.807, 2.05) is 19.9 Å². The predicted octanol–water partition coefficient (Wildman–Crippen LogP) is -1.80. The Bertz CT molecular complexity index is 110. The number of terminal acetylenes is 1. The Hall–Kier alpha value is 1.03. The summed E-state index contributed by atoms with van der Waals surface area (Å²) in [7, 11) is 0. The van der Waals surface area contributed by atoms with E-state index >= 15 is 0 Å². The van der Waals surface area contributed by atoms with Crippen molar-refractivity contribution in [3.63, 3.8) is 0 Å². The SMILES string of the molecule is C#CC.C/C=C/OCC.CCO.O.[Cs+].[OH-]. The topological polar surface area (TPSA) is 91.0 Å². The van der Waals surface area contributed by atoms with Gasteiger partial charge < -0.3 is 20.8 Å². The molecule has 0 aliphatic rings. The smallest absolute Gasteiger partial charge is 0.870 e. The molecule has 0 radical (unpaired) electrons. The molecule has 0 aromatic carbocycles. The zero-order chi connectivity index (χ0) is 10.2. The van der Waals surface area contributed by atoms with E-state index in [0.29, 0.717) is 0 Å². The zero-order valence-corrected chi connectivity index (χ0v) is 16.7. The first-order valence-corrected chi connectivity index (χ1v) is 3.95. The van der Waals surface area contributed by atoms with Gasteiger partial charge in [0.1, 0.15) is 0 Å². The van der Waals surface area contributed by atoms with E-state index in [1.165, 1.54) is 0 Å². The number of allylic oxidation sites excluding steroid dienone is 1. The van der Waals surface area contributed by atoms with Crippen molar-refractivity contribution in [3.8, 4) is 12.3 Å². The van der Waals surface area contributed by atoms with Crippen molar-refractivity contribution in [1.82, 2.24) is 0 Å². The summed E-state index contributed by atoms with van der Waals surface area (Å²) in [4.78, 5) is 0. The summed E-state index contributed by atoms with van der Waals surface area (Å²) in [6.45, 7) is 8.24. The van der Waals surface area contributed by atoms with Crippen molar-refractivity contribution in [3.05, 3.63) is 12.3 Å². The van der Waals surface area contributed by atoms with Crippen LogP contribution >= 0.6 is 0 Å². The molecule has 0 saturated carbocycles. The summed E-state index contributed by atoms with van der Waals surface area (Å²) in [5, 5.41) is 7.57. The first-order chi connectivity index (χ1) is 5.74.